The molecule has 0 atom stereocenters. The third-order valence-corrected chi connectivity index (χ3v) is 6.90. The minimum atomic E-state index is -0.292. The number of carbonyl (C=O) groups excluding carboxylic acids is 1. The summed E-state index contributed by atoms with van der Waals surface area (Å²) in [5, 5.41) is 10.4. The second-order valence-electron chi connectivity index (χ2n) is 8.52. The summed E-state index contributed by atoms with van der Waals surface area (Å²) in [7, 11) is 0. The maximum atomic E-state index is 12.0. The second-order valence-corrected chi connectivity index (χ2v) is 8.93. The van der Waals surface area contributed by atoms with Crippen molar-refractivity contribution in [2.24, 2.45) is 0 Å². The van der Waals surface area contributed by atoms with E-state index in [1.165, 1.54) is 10.6 Å². The van der Waals surface area contributed by atoms with Crippen molar-refractivity contribution in [1.82, 2.24) is 4.90 Å². The SMILES string of the molecule is Cc1c(Cl)cccc1N1CCN(CCCCOc2ccc3c(c2)N(CO)C(=O)CC3)CC1. The summed E-state index contributed by atoms with van der Waals surface area (Å²) in [5.74, 6) is 0.713. The van der Waals surface area contributed by atoms with Crippen molar-refractivity contribution in [2.45, 2.75) is 32.6 Å². The molecule has 0 aliphatic carbocycles. The summed E-state index contributed by atoms with van der Waals surface area (Å²) in [6, 6.07) is 12.0. The number of fused-ring (bicyclic) bond motifs is 1. The minimum Gasteiger partial charge on any atom is -0.494 e. The van der Waals surface area contributed by atoms with Crippen molar-refractivity contribution >= 4 is 28.9 Å². The molecule has 1 amide bonds. The van der Waals surface area contributed by atoms with Gasteiger partial charge in [0.05, 0.1) is 12.3 Å². The maximum Gasteiger partial charge on any atom is 0.229 e. The molecule has 4 rings (SSSR count). The molecule has 0 spiro atoms. The topological polar surface area (TPSA) is 56.3 Å². The molecule has 2 aromatic rings. The lowest BCUT2D eigenvalue weighted by atomic mass is 10.0. The second kappa shape index (κ2) is 10.6. The summed E-state index contributed by atoms with van der Waals surface area (Å²) < 4.78 is 5.93. The Hall–Kier alpha value is -2.28. The van der Waals surface area contributed by atoms with Crippen LogP contribution < -0.4 is 14.5 Å². The van der Waals surface area contributed by atoms with Crippen molar-refractivity contribution in [3.8, 4) is 5.75 Å². The predicted molar refractivity (Wildman–Crippen MR) is 129 cm³/mol. The van der Waals surface area contributed by atoms with Gasteiger partial charge in [-0.1, -0.05) is 23.7 Å². The molecule has 0 aromatic heterocycles. The van der Waals surface area contributed by atoms with Crippen LogP contribution in [-0.4, -0.2) is 62.0 Å². The number of benzene rings is 2. The van der Waals surface area contributed by atoms with Crippen molar-refractivity contribution in [1.29, 1.82) is 0 Å². The van der Waals surface area contributed by atoms with E-state index >= 15 is 0 Å². The van der Waals surface area contributed by atoms with Gasteiger partial charge in [-0.15, -0.1) is 0 Å². The summed E-state index contributed by atoms with van der Waals surface area (Å²) in [6.07, 6.45) is 3.23. The standard InChI is InChI=1S/C25H32ClN3O3/c1-19-22(26)5-4-6-23(19)28-14-12-27(13-15-28)11-2-3-16-32-21-9-7-20-8-10-25(31)29(18-30)24(20)17-21/h4-7,9,17,30H,2-3,8,10-16,18H2,1H3. The zero-order chi connectivity index (χ0) is 22.5. The van der Waals surface area contributed by atoms with E-state index in [-0.39, 0.29) is 12.6 Å². The summed E-state index contributed by atoms with van der Waals surface area (Å²) in [5.41, 5.74) is 4.26. The molecule has 2 aromatic carbocycles. The summed E-state index contributed by atoms with van der Waals surface area (Å²) in [4.78, 5) is 18.4. The molecule has 0 unspecified atom stereocenters. The molecule has 2 aliphatic heterocycles. The number of unbranched alkanes of at least 4 members (excludes halogenated alkanes) is 1. The Labute approximate surface area is 195 Å². The van der Waals surface area contributed by atoms with E-state index in [0.717, 1.165) is 79.6 Å². The van der Waals surface area contributed by atoms with Gasteiger partial charge in [0.1, 0.15) is 12.5 Å². The third kappa shape index (κ3) is 5.20. The number of amides is 1. The van der Waals surface area contributed by atoms with Gasteiger partial charge in [-0.2, -0.15) is 0 Å². The molecule has 2 heterocycles. The number of rotatable bonds is 8. The van der Waals surface area contributed by atoms with Crippen molar-refractivity contribution in [2.75, 3.05) is 55.9 Å². The fourth-order valence-corrected chi connectivity index (χ4v) is 4.71. The van der Waals surface area contributed by atoms with Gasteiger partial charge >= 0.3 is 0 Å². The lowest BCUT2D eigenvalue weighted by Crippen LogP contribution is -2.46. The van der Waals surface area contributed by atoms with Crippen molar-refractivity contribution < 1.29 is 14.6 Å². The number of carbonyl (C=O) groups is 1. The fourth-order valence-electron chi connectivity index (χ4n) is 4.54. The van der Waals surface area contributed by atoms with Gasteiger partial charge in [0.2, 0.25) is 5.91 Å². The van der Waals surface area contributed by atoms with E-state index in [1.807, 2.05) is 30.3 Å². The Morgan fingerprint density at radius 2 is 1.84 bits per heavy atom. The van der Waals surface area contributed by atoms with Crippen LogP contribution in [0.3, 0.4) is 0 Å². The molecule has 1 fully saturated rings. The largest absolute Gasteiger partial charge is 0.494 e. The number of halogens is 1. The fraction of sp³-hybridized carbons (Fsp3) is 0.480. The highest BCUT2D eigenvalue weighted by Gasteiger charge is 2.24. The predicted octanol–water partition coefficient (Wildman–Crippen LogP) is 3.86. The van der Waals surface area contributed by atoms with E-state index in [4.69, 9.17) is 16.3 Å². The number of aliphatic hydroxyl groups is 1. The number of aliphatic hydroxyl groups excluding tert-OH is 1. The molecule has 7 heteroatoms. The van der Waals surface area contributed by atoms with E-state index in [9.17, 15) is 9.90 Å². The Kier molecular flexibility index (Phi) is 7.55. The number of nitrogens with zero attached hydrogens (tertiary/aromatic N) is 3. The van der Waals surface area contributed by atoms with Gasteiger partial charge < -0.3 is 14.7 Å². The average molecular weight is 458 g/mol. The van der Waals surface area contributed by atoms with Crippen LogP contribution in [0.5, 0.6) is 5.75 Å². The van der Waals surface area contributed by atoms with Crippen LogP contribution in [0.15, 0.2) is 36.4 Å². The lowest BCUT2D eigenvalue weighted by molar-refractivity contribution is -0.119. The van der Waals surface area contributed by atoms with E-state index < -0.39 is 0 Å². The van der Waals surface area contributed by atoms with E-state index in [0.29, 0.717) is 13.0 Å². The number of hydrogen-bond acceptors (Lipinski definition) is 5. The normalized spacial score (nSPS) is 16.9. The molecule has 0 radical (unpaired) electrons. The lowest BCUT2D eigenvalue weighted by Gasteiger charge is -2.37. The van der Waals surface area contributed by atoms with Crippen LogP contribution in [0.2, 0.25) is 5.02 Å². The van der Waals surface area contributed by atoms with E-state index in [1.54, 1.807) is 0 Å². The zero-order valence-corrected chi connectivity index (χ0v) is 19.5. The van der Waals surface area contributed by atoms with Crippen molar-refractivity contribution in [3.05, 3.63) is 52.5 Å². The molecule has 1 saturated heterocycles. The Morgan fingerprint density at radius 3 is 2.62 bits per heavy atom. The Morgan fingerprint density at radius 1 is 1.03 bits per heavy atom. The van der Waals surface area contributed by atoms with Crippen LogP contribution in [0, 0.1) is 6.92 Å². The quantitative estimate of drug-likeness (QED) is 0.610. The van der Waals surface area contributed by atoms with Crippen LogP contribution in [0.4, 0.5) is 11.4 Å². The van der Waals surface area contributed by atoms with Gasteiger partial charge in [0.15, 0.2) is 0 Å². The first-order valence-corrected chi connectivity index (χ1v) is 11.8. The van der Waals surface area contributed by atoms with Crippen LogP contribution >= 0.6 is 11.6 Å². The van der Waals surface area contributed by atoms with Gasteiger partial charge in [0.25, 0.3) is 0 Å². The highest BCUT2D eigenvalue weighted by molar-refractivity contribution is 6.31. The molecule has 0 bridgehead atoms. The number of piperazine rings is 1. The number of hydrogen-bond donors (Lipinski definition) is 1. The third-order valence-electron chi connectivity index (χ3n) is 6.49. The first-order chi connectivity index (χ1) is 15.6. The van der Waals surface area contributed by atoms with Gasteiger partial charge in [-0.05, 0) is 62.1 Å². The molecule has 6 nitrogen and oxygen atoms in total. The Bertz CT molecular complexity index is 944. The van der Waals surface area contributed by atoms with E-state index in [2.05, 4.69) is 22.8 Å². The van der Waals surface area contributed by atoms with Gasteiger partial charge in [0, 0.05) is 49.4 Å². The monoisotopic (exact) mass is 457 g/mol. The van der Waals surface area contributed by atoms with Crippen LogP contribution in [-0.2, 0) is 11.2 Å². The molecule has 32 heavy (non-hydrogen) atoms. The maximum absolute atomic E-state index is 12.0. The van der Waals surface area contributed by atoms with Crippen LogP contribution in [0.1, 0.15) is 30.4 Å². The highest BCUT2D eigenvalue weighted by Crippen LogP contribution is 2.31. The summed E-state index contributed by atoms with van der Waals surface area (Å²) >= 11 is 6.28. The Balaban J connectivity index is 1.18. The van der Waals surface area contributed by atoms with Crippen molar-refractivity contribution in [3.63, 3.8) is 0 Å². The molecular formula is C25H32ClN3O3. The highest BCUT2D eigenvalue weighted by atomic mass is 35.5. The van der Waals surface area contributed by atoms with Crippen LogP contribution in [0.25, 0.3) is 0 Å². The molecule has 0 saturated carbocycles. The minimum absolute atomic E-state index is 0.0391. The zero-order valence-electron chi connectivity index (χ0n) is 18.7. The average Bonchev–Trinajstić information content (AvgIpc) is 2.81. The molecular weight excluding hydrogens is 426 g/mol. The summed E-state index contributed by atoms with van der Waals surface area (Å²) in [6.45, 7) is 7.67. The van der Waals surface area contributed by atoms with Gasteiger partial charge in [-0.3, -0.25) is 14.6 Å². The number of aryl methyl sites for hydroxylation is 1. The first kappa shape index (κ1) is 22.9. The molecule has 2 aliphatic rings. The van der Waals surface area contributed by atoms with Gasteiger partial charge in [-0.25, -0.2) is 0 Å². The first-order valence-electron chi connectivity index (χ1n) is 11.5. The number of anilines is 2. The molecule has 1 N–H and O–H groups in total. The molecule has 172 valence electrons. The smallest absolute Gasteiger partial charge is 0.229 e. The number of ether oxygens (including phenoxy) is 1.